The number of thioether (sulfide) groups is 1. The highest BCUT2D eigenvalue weighted by atomic mass is 35.5. The van der Waals surface area contributed by atoms with Gasteiger partial charge in [-0.2, -0.15) is 0 Å². The molecular weight excluding hydrogens is 419 g/mol. The smallest absolute Gasteiger partial charge is 0.197 e. The number of rotatable bonds is 9. The fraction of sp³-hybridized carbons (Fsp3) is 0.333. The second-order valence-corrected chi connectivity index (χ2v) is 8.30. The predicted octanol–water partition coefficient (Wildman–Crippen LogP) is 6.13. The first-order valence-electron chi connectivity index (χ1n) is 8.82. The number of aryl methyl sites for hydroxylation is 1. The van der Waals surface area contributed by atoms with Crippen LogP contribution in [0.3, 0.4) is 0 Å². The van der Waals surface area contributed by atoms with Crippen LogP contribution in [0.5, 0.6) is 11.5 Å². The quantitative estimate of drug-likeness (QED) is 0.346. The number of benzene rings is 2. The van der Waals surface area contributed by atoms with Crippen LogP contribution in [0.1, 0.15) is 12.5 Å². The normalized spacial score (nSPS) is 18.4. The van der Waals surface area contributed by atoms with E-state index in [9.17, 15) is 0 Å². The monoisotopic (exact) mass is 440 g/mol. The van der Waals surface area contributed by atoms with E-state index in [4.69, 9.17) is 42.1 Å². The summed E-state index contributed by atoms with van der Waals surface area (Å²) < 4.78 is 22.2. The van der Waals surface area contributed by atoms with Gasteiger partial charge in [0.2, 0.25) is 0 Å². The lowest BCUT2D eigenvalue weighted by Gasteiger charge is -2.33. The average Bonchev–Trinajstić information content (AvgIpc) is 2.63. The summed E-state index contributed by atoms with van der Waals surface area (Å²) in [5, 5.41) is 1.07. The average molecular weight is 441 g/mol. The maximum absolute atomic E-state index is 6.11. The Morgan fingerprint density at radius 3 is 2.54 bits per heavy atom. The summed E-state index contributed by atoms with van der Waals surface area (Å²) in [7, 11) is 0. The number of hydrogen-bond acceptors (Lipinski definition) is 5. The van der Waals surface area contributed by atoms with E-state index in [0.717, 1.165) is 27.5 Å². The maximum Gasteiger partial charge on any atom is 0.197 e. The van der Waals surface area contributed by atoms with Crippen molar-refractivity contribution in [3.05, 3.63) is 64.2 Å². The van der Waals surface area contributed by atoms with Crippen LogP contribution < -0.4 is 9.47 Å². The Balaban J connectivity index is 1.43. The minimum Gasteiger partial charge on any atom is -0.488 e. The predicted molar refractivity (Wildman–Crippen MR) is 114 cm³/mol. The molecule has 1 aliphatic rings. The highest BCUT2D eigenvalue weighted by molar-refractivity contribution is 7.99. The van der Waals surface area contributed by atoms with Gasteiger partial charge in [0.05, 0.1) is 5.02 Å². The zero-order valence-electron chi connectivity index (χ0n) is 15.7. The van der Waals surface area contributed by atoms with Crippen molar-refractivity contribution in [1.82, 2.24) is 0 Å². The summed E-state index contributed by atoms with van der Waals surface area (Å²) in [4.78, 5) is 1.14. The Morgan fingerprint density at radius 1 is 1.11 bits per heavy atom. The molecule has 150 valence electrons. The molecule has 0 N–H and O–H groups in total. The Labute approximate surface area is 179 Å². The Morgan fingerprint density at radius 2 is 1.86 bits per heavy atom. The van der Waals surface area contributed by atoms with Gasteiger partial charge in [0.25, 0.3) is 0 Å². The second kappa shape index (κ2) is 9.90. The van der Waals surface area contributed by atoms with Crippen molar-refractivity contribution >= 4 is 35.0 Å². The third-order valence-corrected chi connectivity index (χ3v) is 5.65. The van der Waals surface area contributed by atoms with E-state index in [2.05, 4.69) is 12.6 Å². The lowest BCUT2D eigenvalue weighted by Crippen LogP contribution is -2.42. The van der Waals surface area contributed by atoms with E-state index in [0.29, 0.717) is 29.0 Å². The van der Waals surface area contributed by atoms with E-state index >= 15 is 0 Å². The van der Waals surface area contributed by atoms with Gasteiger partial charge in [-0.3, -0.25) is 0 Å². The molecule has 1 fully saturated rings. The molecule has 7 heteroatoms. The van der Waals surface area contributed by atoms with E-state index in [1.807, 2.05) is 26.0 Å². The minimum absolute atomic E-state index is 0.138. The lowest BCUT2D eigenvalue weighted by molar-refractivity contribution is -0.380. The minimum atomic E-state index is -0.277. The fourth-order valence-electron chi connectivity index (χ4n) is 2.55. The number of halogens is 2. The van der Waals surface area contributed by atoms with Crippen LogP contribution in [-0.2, 0) is 9.47 Å². The van der Waals surface area contributed by atoms with Crippen molar-refractivity contribution in [3.8, 4) is 11.5 Å². The van der Waals surface area contributed by atoms with Crippen molar-refractivity contribution in [2.75, 3.05) is 19.0 Å². The summed E-state index contributed by atoms with van der Waals surface area (Å²) in [6.45, 7) is 8.74. The molecule has 4 nitrogen and oxygen atoms in total. The third-order valence-electron chi connectivity index (χ3n) is 3.98. The molecule has 1 saturated heterocycles. The van der Waals surface area contributed by atoms with Gasteiger partial charge in [0.15, 0.2) is 12.6 Å². The van der Waals surface area contributed by atoms with Gasteiger partial charge >= 0.3 is 0 Å². The molecule has 0 unspecified atom stereocenters. The first kappa shape index (κ1) is 21.3. The lowest BCUT2D eigenvalue weighted by atomic mass is 10.2. The number of ether oxygens (including phenoxy) is 4. The first-order valence-corrected chi connectivity index (χ1v) is 10.6. The Bertz CT molecular complexity index is 837. The van der Waals surface area contributed by atoms with Gasteiger partial charge in [-0.15, -0.1) is 11.8 Å². The molecule has 0 amide bonds. The van der Waals surface area contributed by atoms with E-state index in [-0.39, 0.29) is 12.6 Å². The highest BCUT2D eigenvalue weighted by Crippen LogP contribution is 2.29. The second-order valence-electron chi connectivity index (χ2n) is 6.41. The zero-order valence-corrected chi connectivity index (χ0v) is 18.1. The molecule has 0 aliphatic carbocycles. The first-order chi connectivity index (χ1) is 13.4. The summed E-state index contributed by atoms with van der Waals surface area (Å²) >= 11 is 13.7. The largest absolute Gasteiger partial charge is 0.488 e. The zero-order chi connectivity index (χ0) is 20.1. The molecule has 1 heterocycles. The van der Waals surface area contributed by atoms with Crippen molar-refractivity contribution in [1.29, 1.82) is 0 Å². The summed E-state index contributed by atoms with van der Waals surface area (Å²) in [6, 6.07) is 11.3. The molecule has 28 heavy (non-hydrogen) atoms. The van der Waals surface area contributed by atoms with Crippen molar-refractivity contribution < 1.29 is 18.9 Å². The fourth-order valence-corrected chi connectivity index (χ4v) is 3.89. The highest BCUT2D eigenvalue weighted by Gasteiger charge is 2.27. The topological polar surface area (TPSA) is 36.9 Å². The molecule has 0 aromatic heterocycles. The summed E-state index contributed by atoms with van der Waals surface area (Å²) in [5.41, 5.74) is 2.02. The molecule has 0 bridgehead atoms. The molecule has 0 radical (unpaired) electrons. The van der Waals surface area contributed by atoms with Crippen molar-refractivity contribution in [2.45, 2.75) is 31.3 Å². The van der Waals surface area contributed by atoms with Crippen LogP contribution >= 0.6 is 35.0 Å². The van der Waals surface area contributed by atoms with Crippen LogP contribution in [0.4, 0.5) is 0 Å². The molecule has 0 atom stereocenters. The van der Waals surface area contributed by atoms with Crippen LogP contribution in [-0.4, -0.2) is 31.5 Å². The van der Waals surface area contributed by atoms with Gasteiger partial charge in [-0.25, -0.2) is 0 Å². The van der Waals surface area contributed by atoms with Crippen molar-refractivity contribution in [3.63, 3.8) is 0 Å². The molecule has 2 aromatic rings. The van der Waals surface area contributed by atoms with E-state index < -0.39 is 0 Å². The van der Waals surface area contributed by atoms with Crippen LogP contribution in [0.2, 0.25) is 10.0 Å². The standard InChI is InChI=1S/C21H22Cl2O4S/c1-13(10-24-20-6-4-16(22)9-18(20)23)12-28-17-5-7-19(14(2)8-17)25-11-21-26-15(3)27-21/h4-9,15,21H,1,10-12H2,2-3H3. The van der Waals surface area contributed by atoms with Gasteiger partial charge in [0.1, 0.15) is 24.7 Å². The molecular formula is C21H22Cl2O4S. The maximum atomic E-state index is 6.11. The van der Waals surface area contributed by atoms with Gasteiger partial charge < -0.3 is 18.9 Å². The Hall–Kier alpha value is -1.37. The van der Waals surface area contributed by atoms with Gasteiger partial charge in [-0.05, 0) is 61.4 Å². The van der Waals surface area contributed by atoms with Crippen LogP contribution in [0, 0.1) is 6.92 Å². The number of hydrogen-bond donors (Lipinski definition) is 0. The molecule has 2 aromatic carbocycles. The molecule has 0 saturated carbocycles. The molecule has 1 aliphatic heterocycles. The molecule has 3 rings (SSSR count). The van der Waals surface area contributed by atoms with Crippen LogP contribution in [0.25, 0.3) is 0 Å². The van der Waals surface area contributed by atoms with E-state index in [1.54, 1.807) is 30.0 Å². The SMILES string of the molecule is C=C(COc1ccc(Cl)cc1Cl)CSc1ccc(OCC2OC(C)O2)c(C)c1. The summed E-state index contributed by atoms with van der Waals surface area (Å²) in [5.74, 6) is 2.17. The van der Waals surface area contributed by atoms with Gasteiger partial charge in [-0.1, -0.05) is 29.8 Å². The Kier molecular flexibility index (Phi) is 7.55. The summed E-state index contributed by atoms with van der Waals surface area (Å²) in [6.07, 6.45) is -0.415. The van der Waals surface area contributed by atoms with Crippen LogP contribution in [0.15, 0.2) is 53.4 Å². The van der Waals surface area contributed by atoms with Gasteiger partial charge in [0, 0.05) is 15.7 Å². The molecule has 0 spiro atoms. The third kappa shape index (κ3) is 6.06. The van der Waals surface area contributed by atoms with Crippen molar-refractivity contribution in [2.24, 2.45) is 0 Å². The van der Waals surface area contributed by atoms with E-state index in [1.165, 1.54) is 0 Å².